The highest BCUT2D eigenvalue weighted by molar-refractivity contribution is 8.14. The molecule has 0 aromatic heterocycles. The number of hydrogen-bond acceptors (Lipinski definition) is 6. The first-order chi connectivity index (χ1) is 13.1. The molecule has 27 heavy (non-hydrogen) atoms. The van der Waals surface area contributed by atoms with Gasteiger partial charge in [0.1, 0.15) is 6.61 Å². The number of amides is 1. The average Bonchev–Trinajstić information content (AvgIpc) is 2.67. The standard InChI is InChI=1S/C20H24N2O4S/c1-4-14-5-7-15(8-6-14)18-17(19(24)26-11-10-25-3)13(2)21-20-22(18)16(23)9-12-27-20/h5-8,18H,4,9-12H2,1-3H3/t18-/m0/s1. The van der Waals surface area contributed by atoms with E-state index in [1.165, 1.54) is 5.56 Å². The summed E-state index contributed by atoms with van der Waals surface area (Å²) in [5, 5.41) is 0.654. The third-order valence-corrected chi connectivity index (χ3v) is 5.61. The molecule has 0 saturated carbocycles. The Balaban J connectivity index is 2.03. The van der Waals surface area contributed by atoms with Crippen LogP contribution in [0, 0.1) is 0 Å². The number of hydrogen-bond donors (Lipinski definition) is 0. The Morgan fingerprint density at radius 1 is 1.30 bits per heavy atom. The van der Waals surface area contributed by atoms with E-state index in [1.54, 1.807) is 30.7 Å². The van der Waals surface area contributed by atoms with Crippen LogP contribution in [0.3, 0.4) is 0 Å². The average molecular weight is 388 g/mol. The minimum atomic E-state index is -0.515. The van der Waals surface area contributed by atoms with Gasteiger partial charge in [0.05, 0.1) is 23.9 Å². The molecule has 1 aromatic rings. The molecule has 0 radical (unpaired) electrons. The van der Waals surface area contributed by atoms with Gasteiger partial charge in [-0.05, 0) is 24.5 Å². The van der Waals surface area contributed by atoms with Gasteiger partial charge in [0.15, 0.2) is 5.17 Å². The first-order valence-electron chi connectivity index (χ1n) is 9.06. The number of carbonyl (C=O) groups is 2. The molecule has 0 unspecified atom stereocenters. The van der Waals surface area contributed by atoms with E-state index >= 15 is 0 Å². The highest BCUT2D eigenvalue weighted by Gasteiger charge is 2.41. The van der Waals surface area contributed by atoms with E-state index in [9.17, 15) is 9.59 Å². The number of thioether (sulfide) groups is 1. The molecule has 144 valence electrons. The maximum atomic E-state index is 12.8. The van der Waals surface area contributed by atoms with E-state index in [0.29, 0.717) is 35.2 Å². The summed E-state index contributed by atoms with van der Waals surface area (Å²) < 4.78 is 10.3. The lowest BCUT2D eigenvalue weighted by atomic mass is 9.93. The van der Waals surface area contributed by atoms with Gasteiger partial charge in [0.2, 0.25) is 5.91 Å². The fourth-order valence-corrected chi connectivity index (χ4v) is 4.21. The number of fused-ring (bicyclic) bond motifs is 1. The molecule has 1 amide bonds. The SMILES string of the molecule is CCc1ccc([C@H]2C(C(=O)OCCOC)=C(C)N=C3SCCC(=O)N32)cc1. The molecule has 7 heteroatoms. The first-order valence-corrected chi connectivity index (χ1v) is 10.0. The number of rotatable bonds is 6. The zero-order valence-corrected chi connectivity index (χ0v) is 16.7. The molecular formula is C20H24N2O4S. The highest BCUT2D eigenvalue weighted by atomic mass is 32.2. The first kappa shape index (κ1) is 19.6. The topological polar surface area (TPSA) is 68.2 Å². The van der Waals surface area contributed by atoms with Crippen molar-refractivity contribution < 1.29 is 19.1 Å². The predicted molar refractivity (Wildman–Crippen MR) is 105 cm³/mol. The van der Waals surface area contributed by atoms with E-state index in [0.717, 1.165) is 12.0 Å². The Morgan fingerprint density at radius 2 is 2.04 bits per heavy atom. The smallest absolute Gasteiger partial charge is 0.338 e. The van der Waals surface area contributed by atoms with Crippen molar-refractivity contribution in [2.24, 2.45) is 4.99 Å². The zero-order valence-electron chi connectivity index (χ0n) is 15.9. The molecule has 3 rings (SSSR count). The van der Waals surface area contributed by atoms with Gasteiger partial charge in [0.25, 0.3) is 0 Å². The van der Waals surface area contributed by atoms with Crippen molar-refractivity contribution in [1.82, 2.24) is 4.90 Å². The number of benzene rings is 1. The van der Waals surface area contributed by atoms with E-state index in [-0.39, 0.29) is 12.5 Å². The molecule has 2 aliphatic heterocycles. The molecule has 1 fully saturated rings. The maximum absolute atomic E-state index is 12.8. The summed E-state index contributed by atoms with van der Waals surface area (Å²) in [6, 6.07) is 7.51. The van der Waals surface area contributed by atoms with Crippen molar-refractivity contribution in [3.63, 3.8) is 0 Å². The zero-order chi connectivity index (χ0) is 19.4. The predicted octanol–water partition coefficient (Wildman–Crippen LogP) is 3.09. The summed E-state index contributed by atoms with van der Waals surface area (Å²) >= 11 is 1.54. The van der Waals surface area contributed by atoms with Crippen molar-refractivity contribution in [2.75, 3.05) is 26.1 Å². The van der Waals surface area contributed by atoms with Crippen LogP contribution in [0.15, 0.2) is 40.5 Å². The Labute approximate surface area is 163 Å². The Kier molecular flexibility index (Phi) is 6.34. The molecule has 2 heterocycles. The van der Waals surface area contributed by atoms with Crippen LogP contribution in [-0.4, -0.2) is 48.0 Å². The molecule has 2 aliphatic rings. The number of methoxy groups -OCH3 is 1. The molecule has 6 nitrogen and oxygen atoms in total. The van der Waals surface area contributed by atoms with Crippen LogP contribution in [0.5, 0.6) is 0 Å². The largest absolute Gasteiger partial charge is 0.460 e. The lowest BCUT2D eigenvalue weighted by molar-refractivity contribution is -0.141. The summed E-state index contributed by atoms with van der Waals surface area (Å²) in [7, 11) is 1.55. The number of carbonyl (C=O) groups excluding carboxylic acids is 2. The van der Waals surface area contributed by atoms with Crippen molar-refractivity contribution in [1.29, 1.82) is 0 Å². The lowest BCUT2D eigenvalue weighted by Gasteiger charge is -2.39. The van der Waals surface area contributed by atoms with Crippen molar-refractivity contribution in [2.45, 2.75) is 32.7 Å². The molecule has 0 aliphatic carbocycles. The molecule has 1 aromatic carbocycles. The number of esters is 1. The van der Waals surface area contributed by atoms with Crippen LogP contribution in [0.25, 0.3) is 0 Å². The molecule has 0 spiro atoms. The molecule has 1 saturated heterocycles. The third-order valence-electron chi connectivity index (χ3n) is 4.65. The Bertz CT molecular complexity index is 786. The number of allylic oxidation sites excluding steroid dienone is 1. The summed E-state index contributed by atoms with van der Waals surface area (Å²) in [4.78, 5) is 31.7. The van der Waals surface area contributed by atoms with Gasteiger partial charge < -0.3 is 9.47 Å². The number of amidine groups is 1. The monoisotopic (exact) mass is 388 g/mol. The van der Waals surface area contributed by atoms with Crippen LogP contribution < -0.4 is 0 Å². The van der Waals surface area contributed by atoms with Gasteiger partial charge in [-0.25, -0.2) is 9.79 Å². The molecular weight excluding hydrogens is 364 g/mol. The van der Waals surface area contributed by atoms with E-state index in [2.05, 4.69) is 11.9 Å². The van der Waals surface area contributed by atoms with Gasteiger partial charge in [0, 0.05) is 19.3 Å². The third kappa shape index (κ3) is 4.09. The van der Waals surface area contributed by atoms with Crippen LogP contribution in [0.1, 0.15) is 37.4 Å². The second kappa shape index (κ2) is 8.71. The van der Waals surface area contributed by atoms with Gasteiger partial charge >= 0.3 is 5.97 Å². The van der Waals surface area contributed by atoms with E-state index in [1.807, 2.05) is 24.3 Å². The van der Waals surface area contributed by atoms with Gasteiger partial charge in [-0.15, -0.1) is 0 Å². The summed E-state index contributed by atoms with van der Waals surface area (Å²) in [6.45, 7) is 4.37. The van der Waals surface area contributed by atoms with E-state index < -0.39 is 12.0 Å². The van der Waals surface area contributed by atoms with Crippen LogP contribution in [-0.2, 0) is 25.5 Å². The number of nitrogens with zero attached hydrogens (tertiary/aromatic N) is 2. The molecule has 0 bridgehead atoms. The number of ether oxygens (including phenoxy) is 2. The second-order valence-electron chi connectivity index (χ2n) is 6.38. The Morgan fingerprint density at radius 3 is 2.70 bits per heavy atom. The Hall–Kier alpha value is -2.12. The van der Waals surface area contributed by atoms with Crippen molar-refractivity contribution >= 4 is 28.8 Å². The maximum Gasteiger partial charge on any atom is 0.338 e. The van der Waals surface area contributed by atoms with Crippen LogP contribution in [0.2, 0.25) is 0 Å². The van der Waals surface area contributed by atoms with Crippen LogP contribution in [0.4, 0.5) is 0 Å². The van der Waals surface area contributed by atoms with Gasteiger partial charge in [-0.3, -0.25) is 9.69 Å². The molecule has 0 N–H and O–H groups in total. The number of aliphatic imine (C=N–C) groups is 1. The highest BCUT2D eigenvalue weighted by Crippen LogP contribution is 2.40. The van der Waals surface area contributed by atoms with Gasteiger partial charge in [-0.2, -0.15) is 0 Å². The number of aryl methyl sites for hydroxylation is 1. The van der Waals surface area contributed by atoms with Gasteiger partial charge in [-0.1, -0.05) is 43.0 Å². The summed E-state index contributed by atoms with van der Waals surface area (Å²) in [5.74, 6) is 0.225. The quantitative estimate of drug-likeness (QED) is 0.553. The second-order valence-corrected chi connectivity index (χ2v) is 7.44. The van der Waals surface area contributed by atoms with E-state index in [4.69, 9.17) is 9.47 Å². The minimum absolute atomic E-state index is 0.0215. The fourth-order valence-electron chi connectivity index (χ4n) is 3.20. The van der Waals surface area contributed by atoms with Crippen LogP contribution >= 0.6 is 11.8 Å². The minimum Gasteiger partial charge on any atom is -0.460 e. The summed E-state index contributed by atoms with van der Waals surface area (Å²) in [5.41, 5.74) is 3.09. The lowest BCUT2D eigenvalue weighted by Crippen LogP contribution is -2.45. The van der Waals surface area contributed by atoms with Crippen molar-refractivity contribution in [3.8, 4) is 0 Å². The van der Waals surface area contributed by atoms with Crippen molar-refractivity contribution in [3.05, 3.63) is 46.7 Å². The summed E-state index contributed by atoms with van der Waals surface area (Å²) in [6.07, 6.45) is 1.36. The normalized spacial score (nSPS) is 19.7. The molecule has 1 atom stereocenters. The fraction of sp³-hybridized carbons (Fsp3) is 0.450.